The average Bonchev–Trinajstić information content (AvgIpc) is 2.91. The molecule has 5 unspecified atom stereocenters. The molecule has 20 heavy (non-hydrogen) atoms. The van der Waals surface area contributed by atoms with E-state index in [1.54, 1.807) is 19.3 Å². The molecule has 5 atom stereocenters. The minimum absolute atomic E-state index is 0.776. The minimum atomic E-state index is 0.776. The Hall–Kier alpha value is -0.820. The van der Waals surface area contributed by atoms with Crippen molar-refractivity contribution in [2.75, 3.05) is 6.54 Å². The van der Waals surface area contributed by atoms with E-state index in [0.29, 0.717) is 0 Å². The fourth-order valence-corrected chi connectivity index (χ4v) is 5.59. The number of hydrogen-bond donors (Lipinski definition) is 1. The number of benzene rings is 1. The van der Waals surface area contributed by atoms with E-state index in [1.807, 2.05) is 0 Å². The quantitative estimate of drug-likeness (QED) is 0.826. The van der Waals surface area contributed by atoms with Gasteiger partial charge in [0.25, 0.3) is 0 Å². The molecule has 0 amide bonds. The van der Waals surface area contributed by atoms with Crippen LogP contribution in [-0.4, -0.2) is 12.6 Å². The maximum Gasteiger partial charge on any atom is 0.0104 e. The Labute approximate surface area is 123 Å². The van der Waals surface area contributed by atoms with E-state index in [2.05, 4.69) is 42.6 Å². The van der Waals surface area contributed by atoms with Crippen LogP contribution in [0.4, 0.5) is 0 Å². The van der Waals surface area contributed by atoms with Crippen molar-refractivity contribution in [1.82, 2.24) is 5.32 Å². The lowest BCUT2D eigenvalue weighted by molar-refractivity contribution is 0.353. The molecule has 0 saturated heterocycles. The van der Waals surface area contributed by atoms with Crippen LogP contribution >= 0.6 is 0 Å². The third-order valence-electron chi connectivity index (χ3n) is 6.31. The molecule has 3 fully saturated rings. The van der Waals surface area contributed by atoms with Crippen LogP contribution in [-0.2, 0) is 6.42 Å². The maximum absolute atomic E-state index is 3.81. The molecule has 108 valence electrons. The lowest BCUT2D eigenvalue weighted by Gasteiger charge is -2.21. The molecule has 0 aromatic heterocycles. The van der Waals surface area contributed by atoms with Gasteiger partial charge in [-0.15, -0.1) is 0 Å². The Bertz CT molecular complexity index is 438. The third kappa shape index (κ3) is 2.11. The number of rotatable bonds is 6. The summed E-state index contributed by atoms with van der Waals surface area (Å²) in [6.07, 6.45) is 7.22. The van der Waals surface area contributed by atoms with Crippen LogP contribution in [0.1, 0.15) is 38.2 Å². The Balaban J connectivity index is 1.39. The molecule has 1 aromatic carbocycles. The number of aryl methyl sites for hydroxylation is 1. The van der Waals surface area contributed by atoms with Gasteiger partial charge in [0.05, 0.1) is 0 Å². The van der Waals surface area contributed by atoms with Crippen molar-refractivity contribution in [3.8, 4) is 0 Å². The number of fused-ring (bicyclic) bond motifs is 5. The summed E-state index contributed by atoms with van der Waals surface area (Å²) in [5.41, 5.74) is 1.50. The first kappa shape index (κ1) is 12.9. The Kier molecular flexibility index (Phi) is 3.34. The first-order valence-corrected chi connectivity index (χ1v) is 8.65. The fourth-order valence-electron chi connectivity index (χ4n) is 5.59. The van der Waals surface area contributed by atoms with E-state index in [0.717, 1.165) is 42.2 Å². The van der Waals surface area contributed by atoms with Crippen molar-refractivity contribution in [3.63, 3.8) is 0 Å². The molecule has 1 heteroatoms. The molecule has 0 spiro atoms. The normalized spacial score (nSPS) is 38.8. The van der Waals surface area contributed by atoms with Gasteiger partial charge >= 0.3 is 0 Å². The van der Waals surface area contributed by atoms with E-state index in [-0.39, 0.29) is 0 Å². The number of nitrogens with one attached hydrogen (secondary N) is 1. The number of hydrogen-bond acceptors (Lipinski definition) is 1. The van der Waals surface area contributed by atoms with E-state index in [1.165, 1.54) is 18.4 Å². The topological polar surface area (TPSA) is 12.0 Å². The molecular weight excluding hydrogens is 242 g/mol. The zero-order chi connectivity index (χ0) is 13.5. The van der Waals surface area contributed by atoms with Crippen LogP contribution < -0.4 is 5.32 Å². The summed E-state index contributed by atoms with van der Waals surface area (Å²) in [5, 5.41) is 3.81. The minimum Gasteiger partial charge on any atom is -0.314 e. The van der Waals surface area contributed by atoms with E-state index < -0.39 is 0 Å². The standard InChI is InChI=1S/C19H27N/c1-2-20-16(11-8-13-6-4-3-5-7-13)19-17-14-9-10-15(12-14)18(17)19/h3-7,14-20H,2,8-12H2,1H3. The average molecular weight is 269 g/mol. The van der Waals surface area contributed by atoms with Crippen LogP contribution in [0, 0.1) is 29.6 Å². The zero-order valence-electron chi connectivity index (χ0n) is 12.6. The van der Waals surface area contributed by atoms with Gasteiger partial charge < -0.3 is 5.32 Å². The second-order valence-electron chi connectivity index (χ2n) is 7.25. The molecule has 3 saturated carbocycles. The second-order valence-corrected chi connectivity index (χ2v) is 7.25. The fraction of sp³-hybridized carbons (Fsp3) is 0.684. The summed E-state index contributed by atoms with van der Waals surface area (Å²) >= 11 is 0. The van der Waals surface area contributed by atoms with E-state index in [4.69, 9.17) is 0 Å². The Morgan fingerprint density at radius 1 is 1.10 bits per heavy atom. The molecule has 1 N–H and O–H groups in total. The van der Waals surface area contributed by atoms with Gasteiger partial charge in [-0.1, -0.05) is 37.3 Å². The maximum atomic E-state index is 3.81. The molecule has 1 nitrogen and oxygen atoms in total. The lowest BCUT2D eigenvalue weighted by Crippen LogP contribution is -2.33. The Morgan fingerprint density at radius 3 is 2.45 bits per heavy atom. The molecule has 0 aliphatic heterocycles. The van der Waals surface area contributed by atoms with Crippen molar-refractivity contribution in [2.24, 2.45) is 29.6 Å². The van der Waals surface area contributed by atoms with Crippen molar-refractivity contribution in [2.45, 2.75) is 45.1 Å². The van der Waals surface area contributed by atoms with Crippen molar-refractivity contribution < 1.29 is 0 Å². The smallest absolute Gasteiger partial charge is 0.0104 e. The van der Waals surface area contributed by atoms with Gasteiger partial charge in [-0.2, -0.15) is 0 Å². The Morgan fingerprint density at radius 2 is 1.80 bits per heavy atom. The zero-order valence-corrected chi connectivity index (χ0v) is 12.6. The summed E-state index contributed by atoms with van der Waals surface area (Å²) in [4.78, 5) is 0. The second kappa shape index (κ2) is 5.18. The highest BCUT2D eigenvalue weighted by atomic mass is 14.9. The van der Waals surface area contributed by atoms with Crippen molar-refractivity contribution >= 4 is 0 Å². The van der Waals surface area contributed by atoms with Gasteiger partial charge in [-0.25, -0.2) is 0 Å². The highest BCUT2D eigenvalue weighted by Crippen LogP contribution is 2.70. The van der Waals surface area contributed by atoms with Gasteiger partial charge in [0.2, 0.25) is 0 Å². The molecule has 3 aliphatic rings. The predicted octanol–water partition coefficient (Wildman–Crippen LogP) is 3.89. The van der Waals surface area contributed by atoms with Gasteiger partial charge in [0.15, 0.2) is 0 Å². The highest BCUT2D eigenvalue weighted by molar-refractivity contribution is 5.18. The van der Waals surface area contributed by atoms with Gasteiger partial charge in [-0.05, 0) is 73.8 Å². The summed E-state index contributed by atoms with van der Waals surface area (Å²) in [6, 6.07) is 11.8. The van der Waals surface area contributed by atoms with E-state index >= 15 is 0 Å². The first-order valence-electron chi connectivity index (χ1n) is 8.65. The summed E-state index contributed by atoms with van der Waals surface area (Å²) in [7, 11) is 0. The molecule has 4 rings (SSSR count). The van der Waals surface area contributed by atoms with Gasteiger partial charge in [0, 0.05) is 6.04 Å². The highest BCUT2D eigenvalue weighted by Gasteiger charge is 2.66. The van der Waals surface area contributed by atoms with Crippen LogP contribution in [0.2, 0.25) is 0 Å². The first-order chi connectivity index (χ1) is 9.88. The largest absolute Gasteiger partial charge is 0.314 e. The van der Waals surface area contributed by atoms with Crippen LogP contribution in [0.3, 0.4) is 0 Å². The predicted molar refractivity (Wildman–Crippen MR) is 83.5 cm³/mol. The van der Waals surface area contributed by atoms with Crippen LogP contribution in [0.15, 0.2) is 30.3 Å². The lowest BCUT2D eigenvalue weighted by atomic mass is 9.93. The van der Waals surface area contributed by atoms with Crippen molar-refractivity contribution in [3.05, 3.63) is 35.9 Å². The van der Waals surface area contributed by atoms with Crippen molar-refractivity contribution in [1.29, 1.82) is 0 Å². The summed E-state index contributed by atoms with van der Waals surface area (Å²) < 4.78 is 0. The van der Waals surface area contributed by atoms with Crippen LogP contribution in [0.5, 0.6) is 0 Å². The molecule has 2 bridgehead atoms. The monoisotopic (exact) mass is 269 g/mol. The molecule has 1 aromatic rings. The van der Waals surface area contributed by atoms with E-state index in [9.17, 15) is 0 Å². The molecular formula is C19H27N. The SMILES string of the molecule is CCNC(CCc1ccccc1)C1C2C3CCC(C3)C21. The molecule has 3 aliphatic carbocycles. The van der Waals surface area contributed by atoms with Gasteiger partial charge in [0.1, 0.15) is 0 Å². The summed E-state index contributed by atoms with van der Waals surface area (Å²) in [6.45, 7) is 3.40. The molecule has 0 heterocycles. The van der Waals surface area contributed by atoms with Crippen LogP contribution in [0.25, 0.3) is 0 Å². The van der Waals surface area contributed by atoms with Gasteiger partial charge in [-0.3, -0.25) is 0 Å². The molecule has 0 radical (unpaired) electrons. The third-order valence-corrected chi connectivity index (χ3v) is 6.31. The summed E-state index contributed by atoms with van der Waals surface area (Å²) in [5.74, 6) is 5.44.